The molecule has 0 rings (SSSR count). The summed E-state index contributed by atoms with van der Waals surface area (Å²) in [6.07, 6.45) is 5.58. The van der Waals surface area contributed by atoms with Gasteiger partial charge in [0.2, 0.25) is 0 Å². The Hall–Kier alpha value is 0.310. The maximum absolute atomic E-state index is 5.00. The van der Waals surface area contributed by atoms with Gasteiger partial charge in [0.15, 0.2) is 5.96 Å². The zero-order valence-corrected chi connectivity index (χ0v) is 15.0. The molecular weight excluding hydrogens is 361 g/mol. The molecular formula is C12H28IN3OS. The Balaban J connectivity index is 0. The minimum Gasteiger partial charge on any atom is -0.385 e. The number of nitrogens with one attached hydrogen (secondary N) is 2. The molecule has 110 valence electrons. The van der Waals surface area contributed by atoms with E-state index in [1.165, 1.54) is 18.6 Å². The van der Waals surface area contributed by atoms with Crippen LogP contribution >= 0.6 is 35.7 Å². The third-order valence-corrected chi connectivity index (χ3v) is 2.89. The van der Waals surface area contributed by atoms with E-state index in [0.717, 1.165) is 38.6 Å². The van der Waals surface area contributed by atoms with E-state index >= 15 is 0 Å². The molecule has 0 aliphatic carbocycles. The van der Waals surface area contributed by atoms with Gasteiger partial charge in [-0.2, -0.15) is 11.8 Å². The van der Waals surface area contributed by atoms with Crippen LogP contribution in [0.25, 0.3) is 0 Å². The van der Waals surface area contributed by atoms with Crippen LogP contribution in [0.4, 0.5) is 0 Å². The van der Waals surface area contributed by atoms with Gasteiger partial charge in [-0.1, -0.05) is 0 Å². The fourth-order valence-corrected chi connectivity index (χ4v) is 1.81. The van der Waals surface area contributed by atoms with Crippen molar-refractivity contribution in [3.63, 3.8) is 0 Å². The van der Waals surface area contributed by atoms with E-state index in [0.29, 0.717) is 0 Å². The molecule has 0 saturated carbocycles. The van der Waals surface area contributed by atoms with E-state index in [1.807, 2.05) is 11.8 Å². The van der Waals surface area contributed by atoms with Crippen molar-refractivity contribution in [1.82, 2.24) is 10.6 Å². The number of thioether (sulfide) groups is 1. The number of guanidine groups is 1. The van der Waals surface area contributed by atoms with Gasteiger partial charge in [-0.3, -0.25) is 4.99 Å². The number of rotatable bonds is 10. The number of halogens is 1. The molecule has 0 aromatic rings. The van der Waals surface area contributed by atoms with Crippen molar-refractivity contribution in [2.45, 2.75) is 26.2 Å². The van der Waals surface area contributed by atoms with Crippen LogP contribution < -0.4 is 10.6 Å². The Kier molecular flexibility index (Phi) is 19.8. The monoisotopic (exact) mass is 389 g/mol. The molecule has 0 heterocycles. The zero-order valence-electron chi connectivity index (χ0n) is 11.8. The summed E-state index contributed by atoms with van der Waals surface area (Å²) >= 11 is 1.90. The lowest BCUT2D eigenvalue weighted by atomic mass is 10.3. The summed E-state index contributed by atoms with van der Waals surface area (Å²) < 4.78 is 5.00. The van der Waals surface area contributed by atoms with Crippen molar-refractivity contribution in [1.29, 1.82) is 0 Å². The van der Waals surface area contributed by atoms with Gasteiger partial charge in [0.25, 0.3) is 0 Å². The van der Waals surface area contributed by atoms with E-state index in [4.69, 9.17) is 4.74 Å². The highest BCUT2D eigenvalue weighted by atomic mass is 127. The molecule has 0 spiro atoms. The van der Waals surface area contributed by atoms with Crippen LogP contribution in [0.5, 0.6) is 0 Å². The van der Waals surface area contributed by atoms with Crippen LogP contribution in [0.2, 0.25) is 0 Å². The third-order valence-electron chi connectivity index (χ3n) is 2.19. The second-order valence-corrected chi connectivity index (χ2v) is 4.72. The van der Waals surface area contributed by atoms with Crippen LogP contribution in [0, 0.1) is 0 Å². The summed E-state index contributed by atoms with van der Waals surface area (Å²) in [5, 5.41) is 6.59. The van der Waals surface area contributed by atoms with Crippen molar-refractivity contribution in [3.8, 4) is 0 Å². The number of hydrogen-bond donors (Lipinski definition) is 2. The summed E-state index contributed by atoms with van der Waals surface area (Å²) in [4.78, 5) is 4.48. The first kappa shape index (κ1) is 20.6. The maximum Gasteiger partial charge on any atom is 0.191 e. The summed E-state index contributed by atoms with van der Waals surface area (Å²) in [5.74, 6) is 2.16. The molecule has 0 aromatic carbocycles. The minimum absolute atomic E-state index is 0. The van der Waals surface area contributed by atoms with Crippen LogP contribution in [0.15, 0.2) is 4.99 Å². The molecule has 0 saturated heterocycles. The molecule has 6 heteroatoms. The SMILES string of the molecule is CCNC(=NCCCOC)NCCCCSC.I. The van der Waals surface area contributed by atoms with Crippen molar-refractivity contribution >= 4 is 41.7 Å². The summed E-state index contributed by atoms with van der Waals surface area (Å²) in [5.41, 5.74) is 0. The molecule has 18 heavy (non-hydrogen) atoms. The Labute approximate surface area is 133 Å². The summed E-state index contributed by atoms with van der Waals surface area (Å²) in [7, 11) is 1.72. The predicted molar refractivity (Wildman–Crippen MR) is 93.5 cm³/mol. The number of hydrogen-bond acceptors (Lipinski definition) is 3. The van der Waals surface area contributed by atoms with Crippen LogP contribution in [0.3, 0.4) is 0 Å². The Morgan fingerprint density at radius 1 is 1.22 bits per heavy atom. The van der Waals surface area contributed by atoms with Gasteiger partial charge in [-0.25, -0.2) is 0 Å². The molecule has 0 fully saturated rings. The first-order valence-corrected chi connectivity index (χ1v) is 7.74. The van der Waals surface area contributed by atoms with Crippen molar-refractivity contribution in [3.05, 3.63) is 0 Å². The standard InChI is InChI=1S/C12H27N3OS.HI/c1-4-13-12(15-9-7-10-16-2)14-8-5-6-11-17-3;/h4-11H2,1-3H3,(H2,13,14,15);1H. The van der Waals surface area contributed by atoms with Crippen molar-refractivity contribution in [2.75, 3.05) is 45.4 Å². The average Bonchev–Trinajstić information content (AvgIpc) is 2.34. The number of ether oxygens (including phenoxy) is 1. The number of methoxy groups -OCH3 is 1. The zero-order chi connectivity index (χ0) is 12.8. The second kappa shape index (κ2) is 17.3. The highest BCUT2D eigenvalue weighted by Gasteiger charge is 1.95. The predicted octanol–water partition coefficient (Wildman–Crippen LogP) is 2.34. The van der Waals surface area contributed by atoms with Gasteiger partial charge in [0.1, 0.15) is 0 Å². The number of unbranched alkanes of at least 4 members (excludes halogenated alkanes) is 1. The molecule has 2 N–H and O–H groups in total. The maximum atomic E-state index is 5.00. The topological polar surface area (TPSA) is 45.7 Å². The first-order valence-electron chi connectivity index (χ1n) is 6.35. The summed E-state index contributed by atoms with van der Waals surface area (Å²) in [6.45, 7) is 5.57. The lowest BCUT2D eigenvalue weighted by Gasteiger charge is -2.10. The summed E-state index contributed by atoms with van der Waals surface area (Å²) in [6, 6.07) is 0. The van der Waals surface area contributed by atoms with Gasteiger partial charge in [-0.15, -0.1) is 24.0 Å². The lowest BCUT2D eigenvalue weighted by Crippen LogP contribution is -2.37. The highest BCUT2D eigenvalue weighted by Crippen LogP contribution is 1.97. The quantitative estimate of drug-likeness (QED) is 0.261. The normalized spacial score (nSPS) is 10.9. The third kappa shape index (κ3) is 14.4. The van der Waals surface area contributed by atoms with E-state index in [-0.39, 0.29) is 24.0 Å². The number of nitrogens with zero attached hydrogens (tertiary/aromatic N) is 1. The van der Waals surface area contributed by atoms with Crippen LogP contribution in [0.1, 0.15) is 26.2 Å². The molecule has 0 bridgehead atoms. The average molecular weight is 389 g/mol. The van der Waals surface area contributed by atoms with Gasteiger partial charge in [0, 0.05) is 33.4 Å². The van der Waals surface area contributed by atoms with E-state index < -0.39 is 0 Å². The molecule has 0 unspecified atom stereocenters. The van der Waals surface area contributed by atoms with Gasteiger partial charge < -0.3 is 15.4 Å². The molecule has 4 nitrogen and oxygen atoms in total. The Morgan fingerprint density at radius 3 is 2.61 bits per heavy atom. The van der Waals surface area contributed by atoms with Gasteiger partial charge in [-0.05, 0) is 38.2 Å². The van der Waals surface area contributed by atoms with Crippen LogP contribution in [-0.2, 0) is 4.74 Å². The fourth-order valence-electron chi connectivity index (χ4n) is 1.32. The highest BCUT2D eigenvalue weighted by molar-refractivity contribution is 14.0. The Bertz CT molecular complexity index is 194. The minimum atomic E-state index is 0. The van der Waals surface area contributed by atoms with Crippen LogP contribution in [-0.4, -0.2) is 51.3 Å². The fraction of sp³-hybridized carbons (Fsp3) is 0.917. The van der Waals surface area contributed by atoms with Crippen molar-refractivity contribution in [2.24, 2.45) is 4.99 Å². The molecule has 0 aromatic heterocycles. The van der Waals surface area contributed by atoms with E-state index in [9.17, 15) is 0 Å². The lowest BCUT2D eigenvalue weighted by molar-refractivity contribution is 0.197. The van der Waals surface area contributed by atoms with Gasteiger partial charge in [0.05, 0.1) is 0 Å². The van der Waals surface area contributed by atoms with E-state index in [2.05, 4.69) is 28.8 Å². The largest absolute Gasteiger partial charge is 0.385 e. The first-order chi connectivity index (χ1) is 8.35. The van der Waals surface area contributed by atoms with Crippen molar-refractivity contribution < 1.29 is 4.74 Å². The Morgan fingerprint density at radius 2 is 2.00 bits per heavy atom. The molecule has 0 aliphatic heterocycles. The molecule has 0 radical (unpaired) electrons. The number of aliphatic imine (C=N–C) groups is 1. The molecule has 0 atom stereocenters. The molecule has 0 aliphatic rings. The van der Waals surface area contributed by atoms with Gasteiger partial charge >= 0.3 is 0 Å². The van der Waals surface area contributed by atoms with E-state index in [1.54, 1.807) is 7.11 Å². The smallest absolute Gasteiger partial charge is 0.191 e. The second-order valence-electron chi connectivity index (χ2n) is 3.73. The molecule has 0 amide bonds.